The molecular formula is C27H27N3O6. The smallest absolute Gasteiger partial charge is 0.276 e. The molecule has 1 fully saturated rings. The number of ether oxygens (including phenoxy) is 3. The van der Waals surface area contributed by atoms with Crippen LogP contribution in [0.3, 0.4) is 0 Å². The Morgan fingerprint density at radius 3 is 2.03 bits per heavy atom. The second kappa shape index (κ2) is 12.3. The Balaban J connectivity index is 1.13. The molecule has 1 aliphatic heterocycles. The fourth-order valence-electron chi connectivity index (χ4n) is 3.54. The normalized spacial score (nSPS) is 12.7. The highest BCUT2D eigenvalue weighted by molar-refractivity contribution is 5.95. The van der Waals surface area contributed by atoms with E-state index in [1.807, 2.05) is 36.4 Å². The number of rotatable bonds is 10. The van der Waals surface area contributed by atoms with Crippen LogP contribution < -0.4 is 30.0 Å². The molecule has 3 amide bonds. The first-order valence-electron chi connectivity index (χ1n) is 11.6. The van der Waals surface area contributed by atoms with Crippen molar-refractivity contribution in [3.8, 4) is 17.2 Å². The van der Waals surface area contributed by atoms with Crippen molar-refractivity contribution in [3.63, 3.8) is 0 Å². The van der Waals surface area contributed by atoms with Crippen LogP contribution in [0.25, 0.3) is 0 Å². The van der Waals surface area contributed by atoms with E-state index in [0.29, 0.717) is 36.8 Å². The van der Waals surface area contributed by atoms with E-state index in [0.717, 1.165) is 17.7 Å². The summed E-state index contributed by atoms with van der Waals surface area (Å²) in [5.74, 6) is 0.632. The minimum Gasteiger partial charge on any atom is -0.489 e. The average molecular weight is 490 g/mol. The predicted molar refractivity (Wildman–Crippen MR) is 133 cm³/mol. The summed E-state index contributed by atoms with van der Waals surface area (Å²) in [5, 5.41) is 0. The Labute approximate surface area is 208 Å². The lowest BCUT2D eigenvalue weighted by molar-refractivity contribution is -0.131. The topological polar surface area (TPSA) is 106 Å². The second-order valence-corrected chi connectivity index (χ2v) is 8.07. The number of amides is 3. The first-order valence-corrected chi connectivity index (χ1v) is 11.6. The lowest BCUT2D eigenvalue weighted by Crippen LogP contribution is -2.45. The Bertz CT molecular complexity index is 1180. The summed E-state index contributed by atoms with van der Waals surface area (Å²) < 4.78 is 16.6. The highest BCUT2D eigenvalue weighted by Gasteiger charge is 2.21. The maximum absolute atomic E-state index is 12.0. The van der Waals surface area contributed by atoms with E-state index in [1.54, 1.807) is 47.4 Å². The highest BCUT2D eigenvalue weighted by atomic mass is 16.5. The molecule has 0 unspecified atom stereocenters. The van der Waals surface area contributed by atoms with Crippen molar-refractivity contribution in [2.75, 3.05) is 24.7 Å². The maximum Gasteiger partial charge on any atom is 0.276 e. The summed E-state index contributed by atoms with van der Waals surface area (Å²) in [6, 6.07) is 23.7. The Kier molecular flexibility index (Phi) is 8.37. The van der Waals surface area contributed by atoms with Crippen molar-refractivity contribution >= 4 is 23.4 Å². The van der Waals surface area contributed by atoms with E-state index >= 15 is 0 Å². The summed E-state index contributed by atoms with van der Waals surface area (Å²) in [6.07, 6.45) is 1.36. The van der Waals surface area contributed by atoms with Gasteiger partial charge >= 0.3 is 0 Å². The zero-order valence-electron chi connectivity index (χ0n) is 19.6. The third-order valence-electron chi connectivity index (χ3n) is 5.36. The van der Waals surface area contributed by atoms with E-state index in [1.165, 1.54) is 0 Å². The summed E-state index contributed by atoms with van der Waals surface area (Å²) >= 11 is 0. The summed E-state index contributed by atoms with van der Waals surface area (Å²) in [5.41, 5.74) is 6.36. The van der Waals surface area contributed by atoms with Crippen molar-refractivity contribution in [2.24, 2.45) is 0 Å². The molecule has 4 rings (SSSR count). The lowest BCUT2D eigenvalue weighted by Gasteiger charge is -2.16. The largest absolute Gasteiger partial charge is 0.489 e. The Morgan fingerprint density at radius 1 is 0.750 bits per heavy atom. The van der Waals surface area contributed by atoms with E-state index in [4.69, 9.17) is 14.2 Å². The van der Waals surface area contributed by atoms with Gasteiger partial charge in [0.2, 0.25) is 5.91 Å². The van der Waals surface area contributed by atoms with Crippen molar-refractivity contribution in [1.29, 1.82) is 0 Å². The molecule has 0 aromatic heterocycles. The fraction of sp³-hybridized carbons (Fsp3) is 0.222. The van der Waals surface area contributed by atoms with Crippen LogP contribution in [-0.4, -0.2) is 37.5 Å². The first-order chi connectivity index (χ1) is 17.6. The van der Waals surface area contributed by atoms with E-state index in [2.05, 4.69) is 10.9 Å². The average Bonchev–Trinajstić information content (AvgIpc) is 3.35. The number of hydrogen-bond donors (Lipinski definition) is 2. The number of carbonyl (C=O) groups excluding carboxylic acids is 3. The maximum atomic E-state index is 12.0. The van der Waals surface area contributed by atoms with Crippen LogP contribution in [0.4, 0.5) is 5.69 Å². The van der Waals surface area contributed by atoms with Crippen LogP contribution in [0, 0.1) is 0 Å². The third-order valence-corrected chi connectivity index (χ3v) is 5.36. The first kappa shape index (κ1) is 24.6. The van der Waals surface area contributed by atoms with Gasteiger partial charge in [-0.05, 0) is 48.4 Å². The van der Waals surface area contributed by atoms with Crippen molar-refractivity contribution in [3.05, 3.63) is 84.4 Å². The zero-order chi connectivity index (χ0) is 25.2. The number of anilines is 1. The van der Waals surface area contributed by atoms with Crippen molar-refractivity contribution in [2.45, 2.75) is 19.4 Å². The summed E-state index contributed by atoms with van der Waals surface area (Å²) in [7, 11) is 0. The Morgan fingerprint density at radius 2 is 1.39 bits per heavy atom. The molecule has 0 aliphatic carbocycles. The van der Waals surface area contributed by atoms with Crippen LogP contribution in [-0.2, 0) is 21.0 Å². The number of nitrogens with zero attached hydrogens (tertiary/aromatic N) is 1. The molecule has 0 spiro atoms. The lowest BCUT2D eigenvalue weighted by atomic mass is 10.2. The molecule has 0 radical (unpaired) electrons. The number of hydrazine groups is 1. The van der Waals surface area contributed by atoms with Gasteiger partial charge in [0.15, 0.2) is 13.2 Å². The molecule has 36 heavy (non-hydrogen) atoms. The van der Waals surface area contributed by atoms with Gasteiger partial charge in [0.05, 0.1) is 0 Å². The predicted octanol–water partition coefficient (Wildman–Crippen LogP) is 3.00. The van der Waals surface area contributed by atoms with Gasteiger partial charge in [0.25, 0.3) is 11.8 Å². The minimum atomic E-state index is -0.536. The molecule has 0 atom stereocenters. The molecule has 3 aromatic rings. The van der Waals surface area contributed by atoms with Gasteiger partial charge in [0, 0.05) is 24.7 Å². The van der Waals surface area contributed by atoms with E-state index in [9.17, 15) is 14.4 Å². The molecule has 1 heterocycles. The second-order valence-electron chi connectivity index (χ2n) is 8.07. The molecule has 186 valence electrons. The number of benzene rings is 3. The van der Waals surface area contributed by atoms with Gasteiger partial charge in [-0.15, -0.1) is 0 Å². The fourth-order valence-corrected chi connectivity index (χ4v) is 3.54. The van der Waals surface area contributed by atoms with Crippen LogP contribution in [0.2, 0.25) is 0 Å². The molecule has 9 nitrogen and oxygen atoms in total. The molecule has 9 heteroatoms. The molecule has 0 bridgehead atoms. The van der Waals surface area contributed by atoms with Crippen molar-refractivity contribution in [1.82, 2.24) is 10.9 Å². The summed E-state index contributed by atoms with van der Waals surface area (Å²) in [4.78, 5) is 37.6. The molecule has 0 saturated carbocycles. The van der Waals surface area contributed by atoms with Crippen LogP contribution in [0.1, 0.15) is 18.4 Å². The molecule has 1 saturated heterocycles. The zero-order valence-corrected chi connectivity index (χ0v) is 19.6. The number of hydrogen-bond acceptors (Lipinski definition) is 6. The summed E-state index contributed by atoms with van der Waals surface area (Å²) in [6.45, 7) is 0.541. The van der Waals surface area contributed by atoms with Gasteiger partial charge in [-0.25, -0.2) is 0 Å². The van der Waals surface area contributed by atoms with Gasteiger partial charge in [0.1, 0.15) is 23.9 Å². The van der Waals surface area contributed by atoms with Crippen LogP contribution in [0.5, 0.6) is 17.2 Å². The Hall–Kier alpha value is -4.53. The minimum absolute atomic E-state index is 0.0714. The molecule has 1 aliphatic rings. The van der Waals surface area contributed by atoms with Crippen LogP contribution in [0.15, 0.2) is 78.9 Å². The highest BCUT2D eigenvalue weighted by Crippen LogP contribution is 2.25. The van der Waals surface area contributed by atoms with Gasteiger partial charge in [-0.2, -0.15) is 0 Å². The van der Waals surface area contributed by atoms with Gasteiger partial charge in [-0.1, -0.05) is 36.4 Å². The molecule has 3 aromatic carbocycles. The molecule has 2 N–H and O–H groups in total. The SMILES string of the molecule is O=C(COc1ccc(OCc2ccccc2)cc1)NNC(=O)COc1cccc(N2CCCC2=O)c1. The van der Waals surface area contributed by atoms with Gasteiger partial charge < -0.3 is 19.1 Å². The number of carbonyl (C=O) groups is 3. The third kappa shape index (κ3) is 7.23. The molecular weight excluding hydrogens is 462 g/mol. The van der Waals surface area contributed by atoms with E-state index < -0.39 is 11.8 Å². The van der Waals surface area contributed by atoms with Crippen molar-refractivity contribution < 1.29 is 28.6 Å². The van der Waals surface area contributed by atoms with Gasteiger partial charge in [-0.3, -0.25) is 25.2 Å². The monoisotopic (exact) mass is 489 g/mol. The van der Waals surface area contributed by atoms with E-state index in [-0.39, 0.29) is 19.1 Å². The quantitative estimate of drug-likeness (QED) is 0.424. The van der Waals surface area contributed by atoms with Crippen LogP contribution >= 0.6 is 0 Å². The standard InChI is InChI=1S/C27H27N3O6/c31-25(18-35-23-13-11-22(12-14-23)34-17-20-6-2-1-3-7-20)28-29-26(32)19-36-24-9-4-8-21(16-24)30-15-5-10-27(30)33/h1-4,6-9,11-14,16H,5,10,15,17-19H2,(H,28,31)(H,29,32). The number of nitrogens with one attached hydrogen (secondary N) is 2.